The van der Waals surface area contributed by atoms with Crippen LogP contribution in [0.2, 0.25) is 5.02 Å². The number of rotatable bonds is 6. The molecule has 0 bridgehead atoms. The van der Waals surface area contributed by atoms with Crippen molar-refractivity contribution in [3.05, 3.63) is 68.9 Å². The van der Waals surface area contributed by atoms with Gasteiger partial charge in [-0.3, -0.25) is 4.79 Å². The Kier molecular flexibility index (Phi) is 5.55. The minimum Gasteiger partial charge on any atom is -0.483 e. The molecule has 0 fully saturated rings. The maximum Gasteiger partial charge on any atom is 0.272 e. The minimum atomic E-state index is -0.0615. The molecule has 0 amide bonds. The molecule has 0 spiro atoms. The molecule has 8 heteroatoms. The average molecular weight is 425 g/mol. The van der Waals surface area contributed by atoms with E-state index >= 15 is 0 Å². The number of fused-ring (bicyclic) bond motifs is 1. The third kappa shape index (κ3) is 3.93. The van der Waals surface area contributed by atoms with Gasteiger partial charge in [0.15, 0.2) is 6.61 Å². The van der Waals surface area contributed by atoms with E-state index in [2.05, 4.69) is 15.1 Å². The minimum absolute atomic E-state index is 0.0615. The number of aryl methyl sites for hydroxylation is 3. The first kappa shape index (κ1) is 20.1. The summed E-state index contributed by atoms with van der Waals surface area (Å²) < 4.78 is 12.9. The van der Waals surface area contributed by atoms with Gasteiger partial charge in [0.25, 0.3) is 11.4 Å². The maximum absolute atomic E-state index is 12.4. The van der Waals surface area contributed by atoms with E-state index in [1.54, 1.807) is 17.6 Å². The van der Waals surface area contributed by atoms with E-state index in [9.17, 15) is 4.79 Å². The zero-order valence-corrected chi connectivity index (χ0v) is 17.7. The normalized spacial score (nSPS) is 11.2. The van der Waals surface area contributed by atoms with Crippen molar-refractivity contribution in [2.24, 2.45) is 0 Å². The average Bonchev–Trinajstić information content (AvgIpc) is 3.19. The van der Waals surface area contributed by atoms with Gasteiger partial charge >= 0.3 is 0 Å². The van der Waals surface area contributed by atoms with Crippen LogP contribution < -0.4 is 10.3 Å². The maximum atomic E-state index is 12.4. The Bertz CT molecular complexity index is 1280. The van der Waals surface area contributed by atoms with Crippen molar-refractivity contribution in [1.82, 2.24) is 19.7 Å². The zero-order valence-electron chi connectivity index (χ0n) is 17.0. The molecule has 154 valence electrons. The summed E-state index contributed by atoms with van der Waals surface area (Å²) in [4.78, 5) is 21.3. The van der Waals surface area contributed by atoms with Crippen LogP contribution in [0.25, 0.3) is 22.4 Å². The lowest BCUT2D eigenvalue weighted by Crippen LogP contribution is -2.24. The van der Waals surface area contributed by atoms with Crippen LogP contribution in [0.15, 0.2) is 45.7 Å². The highest BCUT2D eigenvalue weighted by molar-refractivity contribution is 6.30. The molecule has 0 aliphatic heterocycles. The zero-order chi connectivity index (χ0) is 21.3. The van der Waals surface area contributed by atoms with Gasteiger partial charge in [-0.2, -0.15) is 4.98 Å². The molecule has 2 aromatic carbocycles. The van der Waals surface area contributed by atoms with Crippen LogP contribution in [-0.2, 0) is 13.2 Å². The number of aromatic nitrogens is 4. The van der Waals surface area contributed by atoms with Crippen molar-refractivity contribution in [2.75, 3.05) is 0 Å². The van der Waals surface area contributed by atoms with Crippen LogP contribution in [-0.4, -0.2) is 19.7 Å². The Hall–Kier alpha value is -3.19. The molecule has 0 saturated carbocycles. The fourth-order valence-electron chi connectivity index (χ4n) is 3.30. The summed E-state index contributed by atoms with van der Waals surface area (Å²) in [6, 6.07) is 11.0. The summed E-state index contributed by atoms with van der Waals surface area (Å²) in [5, 5.41) is 4.71. The van der Waals surface area contributed by atoms with E-state index < -0.39 is 0 Å². The highest BCUT2D eigenvalue weighted by atomic mass is 35.5. The predicted octanol–water partition coefficient (Wildman–Crippen LogP) is 4.71. The van der Waals surface area contributed by atoms with Crippen molar-refractivity contribution in [3.63, 3.8) is 0 Å². The molecule has 0 radical (unpaired) electrons. The predicted molar refractivity (Wildman–Crippen MR) is 115 cm³/mol. The molecule has 30 heavy (non-hydrogen) atoms. The first-order valence-electron chi connectivity index (χ1n) is 9.69. The van der Waals surface area contributed by atoms with Gasteiger partial charge in [0.2, 0.25) is 5.82 Å². The lowest BCUT2D eigenvalue weighted by Gasteiger charge is -2.10. The molecule has 0 N–H and O–H groups in total. The van der Waals surface area contributed by atoms with Crippen molar-refractivity contribution in [2.45, 2.75) is 40.3 Å². The number of ether oxygens (including phenoxy) is 1. The molecule has 4 aromatic rings. The fourth-order valence-corrected chi connectivity index (χ4v) is 3.53. The third-order valence-corrected chi connectivity index (χ3v) is 5.01. The summed E-state index contributed by atoms with van der Waals surface area (Å²) in [6.45, 7) is 6.48. The SMILES string of the molecule is CCCn1c(=O)c(C)nc2cc(-c3noc(COc4ccc(Cl)cc4C)n3)ccc21. The van der Waals surface area contributed by atoms with Crippen LogP contribution in [0.5, 0.6) is 5.75 Å². The number of benzene rings is 2. The molecular formula is C22H21ClN4O3. The van der Waals surface area contributed by atoms with Crippen LogP contribution in [0.1, 0.15) is 30.5 Å². The van der Waals surface area contributed by atoms with Crippen molar-refractivity contribution in [1.29, 1.82) is 0 Å². The van der Waals surface area contributed by atoms with E-state index in [4.69, 9.17) is 20.9 Å². The number of hydrogen-bond donors (Lipinski definition) is 0. The van der Waals surface area contributed by atoms with Crippen molar-refractivity contribution in [3.8, 4) is 17.1 Å². The van der Waals surface area contributed by atoms with E-state index in [1.165, 1.54) is 0 Å². The first-order chi connectivity index (χ1) is 14.5. The molecule has 0 unspecified atom stereocenters. The fraction of sp³-hybridized carbons (Fsp3) is 0.273. The van der Waals surface area contributed by atoms with Gasteiger partial charge in [0.05, 0.1) is 11.0 Å². The van der Waals surface area contributed by atoms with E-state index in [1.807, 2.05) is 44.2 Å². The summed E-state index contributed by atoms with van der Waals surface area (Å²) in [7, 11) is 0. The van der Waals surface area contributed by atoms with E-state index in [-0.39, 0.29) is 12.2 Å². The lowest BCUT2D eigenvalue weighted by atomic mass is 10.1. The molecular weight excluding hydrogens is 404 g/mol. The molecule has 7 nitrogen and oxygen atoms in total. The Balaban J connectivity index is 1.59. The Morgan fingerprint density at radius 3 is 2.73 bits per heavy atom. The molecule has 0 saturated heterocycles. The van der Waals surface area contributed by atoms with Crippen LogP contribution >= 0.6 is 11.6 Å². The first-order valence-corrected chi connectivity index (χ1v) is 10.1. The van der Waals surface area contributed by atoms with E-state index in [0.29, 0.717) is 34.7 Å². The van der Waals surface area contributed by atoms with Gasteiger partial charge < -0.3 is 13.8 Å². The third-order valence-electron chi connectivity index (χ3n) is 4.77. The Morgan fingerprint density at radius 2 is 1.97 bits per heavy atom. The number of nitrogens with zero attached hydrogens (tertiary/aromatic N) is 4. The van der Waals surface area contributed by atoms with Gasteiger partial charge in [-0.05, 0) is 62.2 Å². The molecule has 4 rings (SSSR count). The molecule has 0 atom stereocenters. The lowest BCUT2D eigenvalue weighted by molar-refractivity contribution is 0.242. The summed E-state index contributed by atoms with van der Waals surface area (Å²) in [5.41, 5.74) is 3.60. The molecule has 2 heterocycles. The largest absolute Gasteiger partial charge is 0.483 e. The van der Waals surface area contributed by atoms with Gasteiger partial charge in [-0.15, -0.1) is 0 Å². The highest BCUT2D eigenvalue weighted by Crippen LogP contribution is 2.24. The second-order valence-corrected chi connectivity index (χ2v) is 7.50. The smallest absolute Gasteiger partial charge is 0.272 e. The summed E-state index contributed by atoms with van der Waals surface area (Å²) in [5.74, 6) is 1.51. The molecule has 0 aliphatic carbocycles. The topological polar surface area (TPSA) is 83.0 Å². The van der Waals surface area contributed by atoms with Crippen molar-refractivity contribution >= 4 is 22.6 Å². The van der Waals surface area contributed by atoms with Crippen LogP contribution in [0, 0.1) is 13.8 Å². The second-order valence-electron chi connectivity index (χ2n) is 7.07. The number of halogens is 1. The van der Waals surface area contributed by atoms with Gasteiger partial charge in [0, 0.05) is 17.1 Å². The monoisotopic (exact) mass is 424 g/mol. The Morgan fingerprint density at radius 1 is 1.13 bits per heavy atom. The summed E-state index contributed by atoms with van der Waals surface area (Å²) in [6.07, 6.45) is 0.863. The number of hydrogen-bond acceptors (Lipinski definition) is 6. The van der Waals surface area contributed by atoms with Crippen LogP contribution in [0.4, 0.5) is 0 Å². The molecule has 2 aromatic heterocycles. The van der Waals surface area contributed by atoms with Gasteiger partial charge in [-0.25, -0.2) is 4.98 Å². The highest BCUT2D eigenvalue weighted by Gasteiger charge is 2.13. The van der Waals surface area contributed by atoms with E-state index in [0.717, 1.165) is 28.6 Å². The van der Waals surface area contributed by atoms with Gasteiger partial charge in [-0.1, -0.05) is 23.7 Å². The van der Waals surface area contributed by atoms with Gasteiger partial charge in [0.1, 0.15) is 11.4 Å². The quantitative estimate of drug-likeness (QED) is 0.446. The Labute approximate surface area is 178 Å². The van der Waals surface area contributed by atoms with Crippen LogP contribution in [0.3, 0.4) is 0 Å². The molecule has 0 aliphatic rings. The van der Waals surface area contributed by atoms with Crippen molar-refractivity contribution < 1.29 is 9.26 Å². The second kappa shape index (κ2) is 8.28. The standard InChI is InChI=1S/C22H21ClN4O3/c1-4-9-27-18-7-5-15(11-17(18)24-14(3)22(27)28)21-25-20(30-26-21)12-29-19-8-6-16(23)10-13(19)2/h5-8,10-11H,4,9,12H2,1-3H3. The summed E-state index contributed by atoms with van der Waals surface area (Å²) >= 11 is 5.97.